The van der Waals surface area contributed by atoms with Gasteiger partial charge < -0.3 is 4.42 Å². The third-order valence-corrected chi connectivity index (χ3v) is 6.01. The van der Waals surface area contributed by atoms with Gasteiger partial charge in [0.2, 0.25) is 21.8 Å². The van der Waals surface area contributed by atoms with Gasteiger partial charge in [-0.25, -0.2) is 8.42 Å². The van der Waals surface area contributed by atoms with Crippen LogP contribution < -0.4 is 0 Å². The van der Waals surface area contributed by atoms with Crippen molar-refractivity contribution in [3.63, 3.8) is 0 Å². The fourth-order valence-corrected chi connectivity index (χ4v) is 4.34. The summed E-state index contributed by atoms with van der Waals surface area (Å²) in [5.74, 6) is 0.576. The average molecular weight is 392 g/mol. The van der Waals surface area contributed by atoms with Crippen molar-refractivity contribution in [2.45, 2.75) is 31.3 Å². The Balaban J connectivity index is 1.89. The van der Waals surface area contributed by atoms with Crippen LogP contribution in [0.3, 0.4) is 0 Å². The minimum absolute atomic E-state index is 0.0215. The van der Waals surface area contributed by atoms with Crippen LogP contribution in [-0.4, -0.2) is 29.0 Å². The third kappa shape index (κ3) is 3.95. The van der Waals surface area contributed by atoms with Crippen LogP contribution in [0.2, 0.25) is 5.02 Å². The molecule has 0 amide bonds. The van der Waals surface area contributed by atoms with Gasteiger partial charge in [0.1, 0.15) is 0 Å². The molecule has 1 heterocycles. The van der Waals surface area contributed by atoms with Gasteiger partial charge >= 0.3 is 0 Å². The Kier molecular flexibility index (Phi) is 5.41. The zero-order chi connectivity index (χ0) is 18.7. The normalized spacial score (nSPS) is 12.0. The SMILES string of the molecule is CC(C)N(Cc1nnc(-c2ccccc2)o1)S(=O)(=O)c1cccc(Cl)c1. The molecule has 0 spiro atoms. The second-order valence-corrected chi connectivity index (χ2v) is 8.30. The second-order valence-electron chi connectivity index (χ2n) is 5.97. The lowest BCUT2D eigenvalue weighted by atomic mass is 10.2. The summed E-state index contributed by atoms with van der Waals surface area (Å²) in [5, 5.41) is 8.36. The fraction of sp³-hybridized carbons (Fsp3) is 0.222. The molecule has 0 atom stereocenters. The van der Waals surface area contributed by atoms with Gasteiger partial charge in [-0.05, 0) is 44.2 Å². The van der Waals surface area contributed by atoms with Gasteiger partial charge in [-0.2, -0.15) is 4.31 Å². The lowest BCUT2D eigenvalue weighted by molar-refractivity contribution is 0.313. The molecule has 3 aromatic rings. The number of halogens is 1. The number of sulfonamides is 1. The van der Waals surface area contributed by atoms with E-state index in [-0.39, 0.29) is 23.4 Å². The van der Waals surface area contributed by atoms with Crippen LogP contribution in [0.4, 0.5) is 0 Å². The highest BCUT2D eigenvalue weighted by Gasteiger charge is 2.29. The third-order valence-electron chi connectivity index (χ3n) is 3.76. The second kappa shape index (κ2) is 7.57. The van der Waals surface area contributed by atoms with Crippen molar-refractivity contribution < 1.29 is 12.8 Å². The minimum atomic E-state index is -3.76. The molecule has 8 heteroatoms. The Labute approximate surface area is 157 Å². The topological polar surface area (TPSA) is 76.3 Å². The summed E-state index contributed by atoms with van der Waals surface area (Å²) in [6.45, 7) is 3.56. The molecule has 0 aliphatic rings. The smallest absolute Gasteiger partial charge is 0.247 e. The van der Waals surface area contributed by atoms with Crippen LogP contribution in [-0.2, 0) is 16.6 Å². The highest BCUT2D eigenvalue weighted by Crippen LogP contribution is 2.24. The van der Waals surface area contributed by atoms with E-state index in [0.717, 1.165) is 5.56 Å². The van der Waals surface area contributed by atoms with Crippen LogP contribution in [0.5, 0.6) is 0 Å². The van der Waals surface area contributed by atoms with Crippen LogP contribution in [0.15, 0.2) is 63.9 Å². The molecule has 0 radical (unpaired) electrons. The first-order chi connectivity index (χ1) is 12.4. The van der Waals surface area contributed by atoms with Gasteiger partial charge in [0, 0.05) is 16.6 Å². The Morgan fingerprint density at radius 2 is 1.81 bits per heavy atom. The Morgan fingerprint density at radius 1 is 1.08 bits per heavy atom. The zero-order valence-electron chi connectivity index (χ0n) is 14.3. The summed E-state index contributed by atoms with van der Waals surface area (Å²) in [7, 11) is -3.76. The molecular weight excluding hydrogens is 374 g/mol. The number of hydrogen-bond donors (Lipinski definition) is 0. The Bertz CT molecular complexity index is 988. The summed E-state index contributed by atoms with van der Waals surface area (Å²) in [5.41, 5.74) is 0.778. The molecule has 0 saturated carbocycles. The van der Waals surface area contributed by atoms with E-state index in [1.807, 2.05) is 30.3 Å². The first kappa shape index (κ1) is 18.6. The quantitative estimate of drug-likeness (QED) is 0.635. The van der Waals surface area contributed by atoms with Crippen molar-refractivity contribution in [2.75, 3.05) is 0 Å². The molecule has 136 valence electrons. The van der Waals surface area contributed by atoms with Crippen molar-refractivity contribution in [1.82, 2.24) is 14.5 Å². The Hall–Kier alpha value is -2.22. The molecule has 0 aliphatic heterocycles. The molecule has 6 nitrogen and oxygen atoms in total. The molecular formula is C18H18ClN3O3S. The first-order valence-corrected chi connectivity index (χ1v) is 9.85. The van der Waals surface area contributed by atoms with E-state index < -0.39 is 10.0 Å². The lowest BCUT2D eigenvalue weighted by Crippen LogP contribution is -2.36. The molecule has 1 aromatic heterocycles. The maximum atomic E-state index is 13.0. The van der Waals surface area contributed by atoms with Crippen LogP contribution >= 0.6 is 11.6 Å². The number of benzene rings is 2. The molecule has 2 aromatic carbocycles. The molecule has 0 N–H and O–H groups in total. The standard InChI is InChI=1S/C18H18ClN3O3S/c1-13(2)22(26(23,24)16-10-6-9-15(19)11-16)12-17-20-21-18(25-17)14-7-4-3-5-8-14/h3-11,13H,12H2,1-2H3. The number of aromatic nitrogens is 2. The van der Waals surface area contributed by atoms with Gasteiger partial charge in [0.15, 0.2) is 0 Å². The maximum Gasteiger partial charge on any atom is 0.247 e. The van der Waals surface area contributed by atoms with E-state index in [1.54, 1.807) is 26.0 Å². The highest BCUT2D eigenvalue weighted by molar-refractivity contribution is 7.89. The number of hydrogen-bond acceptors (Lipinski definition) is 5. The monoisotopic (exact) mass is 391 g/mol. The summed E-state index contributed by atoms with van der Waals surface area (Å²) < 4.78 is 32.9. The van der Waals surface area contributed by atoms with E-state index >= 15 is 0 Å². The van der Waals surface area contributed by atoms with Gasteiger partial charge in [-0.3, -0.25) is 0 Å². The van der Waals surface area contributed by atoms with Crippen molar-refractivity contribution in [3.8, 4) is 11.5 Å². The molecule has 0 unspecified atom stereocenters. The van der Waals surface area contributed by atoms with E-state index in [0.29, 0.717) is 10.9 Å². The van der Waals surface area contributed by atoms with Crippen LogP contribution in [0.25, 0.3) is 11.5 Å². The number of rotatable bonds is 6. The minimum Gasteiger partial charge on any atom is -0.419 e. The zero-order valence-corrected chi connectivity index (χ0v) is 15.9. The van der Waals surface area contributed by atoms with Crippen molar-refractivity contribution in [3.05, 3.63) is 65.5 Å². The predicted octanol–water partition coefficient (Wildman–Crippen LogP) is 3.99. The molecule has 0 aliphatic carbocycles. The molecule has 26 heavy (non-hydrogen) atoms. The lowest BCUT2D eigenvalue weighted by Gasteiger charge is -2.24. The summed E-state index contributed by atoms with van der Waals surface area (Å²) >= 11 is 5.94. The summed E-state index contributed by atoms with van der Waals surface area (Å²) in [6, 6.07) is 15.2. The first-order valence-electron chi connectivity index (χ1n) is 8.03. The summed E-state index contributed by atoms with van der Waals surface area (Å²) in [4.78, 5) is 0.126. The van der Waals surface area contributed by atoms with Gasteiger partial charge in [0.25, 0.3) is 0 Å². The van der Waals surface area contributed by atoms with Crippen molar-refractivity contribution in [2.24, 2.45) is 0 Å². The summed E-state index contributed by atoms with van der Waals surface area (Å²) in [6.07, 6.45) is 0. The molecule has 0 bridgehead atoms. The van der Waals surface area contributed by atoms with Crippen molar-refractivity contribution >= 4 is 21.6 Å². The number of nitrogens with zero attached hydrogens (tertiary/aromatic N) is 3. The predicted molar refractivity (Wildman–Crippen MR) is 99.1 cm³/mol. The molecule has 3 rings (SSSR count). The largest absolute Gasteiger partial charge is 0.419 e. The van der Waals surface area contributed by atoms with Crippen molar-refractivity contribution in [1.29, 1.82) is 0 Å². The highest BCUT2D eigenvalue weighted by atomic mass is 35.5. The van der Waals surface area contributed by atoms with Crippen LogP contribution in [0.1, 0.15) is 19.7 Å². The van der Waals surface area contributed by atoms with Gasteiger partial charge in [-0.1, -0.05) is 35.9 Å². The van der Waals surface area contributed by atoms with Gasteiger partial charge in [0.05, 0.1) is 11.4 Å². The van der Waals surface area contributed by atoms with Gasteiger partial charge in [-0.15, -0.1) is 10.2 Å². The maximum absolute atomic E-state index is 13.0. The van der Waals surface area contributed by atoms with E-state index in [9.17, 15) is 8.42 Å². The molecule has 0 saturated heterocycles. The molecule has 0 fully saturated rings. The van der Waals surface area contributed by atoms with E-state index in [2.05, 4.69) is 10.2 Å². The fourth-order valence-electron chi connectivity index (χ4n) is 2.46. The van der Waals surface area contributed by atoms with Crippen LogP contribution in [0, 0.1) is 0 Å². The van der Waals surface area contributed by atoms with E-state index in [4.69, 9.17) is 16.0 Å². The Morgan fingerprint density at radius 3 is 2.46 bits per heavy atom. The average Bonchev–Trinajstić information content (AvgIpc) is 3.09. The van der Waals surface area contributed by atoms with E-state index in [1.165, 1.54) is 16.4 Å².